The largest absolute Gasteiger partial charge is 0.483 e. The van der Waals surface area contributed by atoms with Crippen molar-refractivity contribution in [3.63, 3.8) is 0 Å². The second-order valence-corrected chi connectivity index (χ2v) is 7.85. The summed E-state index contributed by atoms with van der Waals surface area (Å²) >= 11 is 9.56. The standard InChI is InChI=1S/C23H20BrClN2O2/c1-15-3-7-18(8-4-15)26-13-17-6-10-22(20(24)11-17)29-14-23(28)27-19-9-5-16(2)21(25)12-19/h3-13H,14H2,1-2H3,(H,27,28). The Bertz CT molecular complexity index is 1050. The zero-order chi connectivity index (χ0) is 20.8. The Morgan fingerprint density at radius 1 is 1.10 bits per heavy atom. The number of aryl methyl sites for hydroxylation is 2. The molecular formula is C23H20BrClN2O2. The second-order valence-electron chi connectivity index (χ2n) is 6.58. The van der Waals surface area contributed by atoms with Crippen molar-refractivity contribution < 1.29 is 9.53 Å². The van der Waals surface area contributed by atoms with Gasteiger partial charge in [0.2, 0.25) is 0 Å². The molecule has 0 radical (unpaired) electrons. The van der Waals surface area contributed by atoms with Gasteiger partial charge in [0.25, 0.3) is 5.91 Å². The molecule has 0 aliphatic rings. The molecule has 0 spiro atoms. The van der Waals surface area contributed by atoms with Crippen LogP contribution in [-0.4, -0.2) is 18.7 Å². The number of nitrogens with one attached hydrogen (secondary N) is 1. The number of aliphatic imine (C=N–C) groups is 1. The van der Waals surface area contributed by atoms with Crippen molar-refractivity contribution in [2.24, 2.45) is 4.99 Å². The predicted molar refractivity (Wildman–Crippen MR) is 123 cm³/mol. The molecule has 0 bridgehead atoms. The van der Waals surface area contributed by atoms with Crippen LogP contribution in [0.25, 0.3) is 0 Å². The van der Waals surface area contributed by atoms with Crippen LogP contribution in [0.1, 0.15) is 16.7 Å². The quantitative estimate of drug-likeness (QED) is 0.418. The first-order chi connectivity index (χ1) is 13.9. The molecule has 0 unspecified atom stereocenters. The summed E-state index contributed by atoms with van der Waals surface area (Å²) in [6, 6.07) is 18.9. The summed E-state index contributed by atoms with van der Waals surface area (Å²) in [7, 11) is 0. The lowest BCUT2D eigenvalue weighted by molar-refractivity contribution is -0.118. The van der Waals surface area contributed by atoms with Gasteiger partial charge in [-0.3, -0.25) is 9.79 Å². The van der Waals surface area contributed by atoms with Crippen LogP contribution in [0, 0.1) is 13.8 Å². The van der Waals surface area contributed by atoms with Crippen molar-refractivity contribution in [3.05, 3.63) is 86.8 Å². The Kier molecular flexibility index (Phi) is 7.07. The van der Waals surface area contributed by atoms with Crippen molar-refractivity contribution in [1.29, 1.82) is 0 Å². The van der Waals surface area contributed by atoms with Gasteiger partial charge in [0.15, 0.2) is 6.61 Å². The Morgan fingerprint density at radius 3 is 2.55 bits per heavy atom. The van der Waals surface area contributed by atoms with E-state index in [1.54, 1.807) is 24.4 Å². The molecular weight excluding hydrogens is 452 g/mol. The normalized spacial score (nSPS) is 10.9. The molecule has 0 aliphatic carbocycles. The number of carbonyl (C=O) groups is 1. The lowest BCUT2D eigenvalue weighted by Gasteiger charge is -2.10. The number of nitrogens with zero attached hydrogens (tertiary/aromatic N) is 1. The summed E-state index contributed by atoms with van der Waals surface area (Å²) < 4.78 is 6.37. The maximum absolute atomic E-state index is 12.1. The Labute approximate surface area is 183 Å². The summed E-state index contributed by atoms with van der Waals surface area (Å²) in [6.07, 6.45) is 1.78. The van der Waals surface area contributed by atoms with Crippen LogP contribution in [0.2, 0.25) is 5.02 Å². The number of anilines is 1. The van der Waals surface area contributed by atoms with E-state index in [-0.39, 0.29) is 12.5 Å². The Hall–Kier alpha value is -2.63. The van der Waals surface area contributed by atoms with Gasteiger partial charge in [0.05, 0.1) is 10.2 Å². The van der Waals surface area contributed by atoms with Crippen molar-refractivity contribution in [2.45, 2.75) is 13.8 Å². The van der Waals surface area contributed by atoms with Gasteiger partial charge in [-0.05, 0) is 83.4 Å². The highest BCUT2D eigenvalue weighted by atomic mass is 79.9. The zero-order valence-corrected chi connectivity index (χ0v) is 18.4. The maximum Gasteiger partial charge on any atom is 0.262 e. The minimum Gasteiger partial charge on any atom is -0.483 e. The summed E-state index contributed by atoms with van der Waals surface area (Å²) in [5.41, 5.74) is 4.60. The number of ether oxygens (including phenoxy) is 1. The molecule has 6 heteroatoms. The molecule has 3 aromatic carbocycles. The first kappa shape index (κ1) is 21.1. The molecule has 0 saturated carbocycles. The molecule has 29 heavy (non-hydrogen) atoms. The Morgan fingerprint density at radius 2 is 1.86 bits per heavy atom. The van der Waals surface area contributed by atoms with Crippen LogP contribution in [0.5, 0.6) is 5.75 Å². The molecule has 0 saturated heterocycles. The van der Waals surface area contributed by atoms with Crippen LogP contribution in [0.3, 0.4) is 0 Å². The van der Waals surface area contributed by atoms with Crippen LogP contribution < -0.4 is 10.1 Å². The van der Waals surface area contributed by atoms with E-state index < -0.39 is 0 Å². The lowest BCUT2D eigenvalue weighted by Crippen LogP contribution is -2.20. The van der Waals surface area contributed by atoms with Crippen LogP contribution in [-0.2, 0) is 4.79 Å². The fourth-order valence-electron chi connectivity index (χ4n) is 2.51. The van der Waals surface area contributed by atoms with Gasteiger partial charge in [-0.2, -0.15) is 0 Å². The van der Waals surface area contributed by atoms with Crippen LogP contribution in [0.4, 0.5) is 11.4 Å². The molecule has 0 fully saturated rings. The monoisotopic (exact) mass is 470 g/mol. The fourth-order valence-corrected chi connectivity index (χ4v) is 3.20. The molecule has 1 amide bonds. The predicted octanol–water partition coefficient (Wildman–Crippen LogP) is 6.49. The van der Waals surface area contributed by atoms with E-state index in [0.29, 0.717) is 16.5 Å². The molecule has 1 N–H and O–H groups in total. The molecule has 0 aromatic heterocycles. The summed E-state index contributed by atoms with van der Waals surface area (Å²) in [4.78, 5) is 16.6. The summed E-state index contributed by atoms with van der Waals surface area (Å²) in [6.45, 7) is 3.84. The molecule has 3 rings (SSSR count). The van der Waals surface area contributed by atoms with Crippen molar-refractivity contribution in [3.8, 4) is 5.75 Å². The number of hydrogen-bond donors (Lipinski definition) is 1. The van der Waals surface area contributed by atoms with Gasteiger partial charge in [-0.15, -0.1) is 0 Å². The van der Waals surface area contributed by atoms with Crippen molar-refractivity contribution in [2.75, 3.05) is 11.9 Å². The number of carbonyl (C=O) groups excluding carboxylic acids is 1. The number of halogens is 2. The zero-order valence-electron chi connectivity index (χ0n) is 16.1. The highest BCUT2D eigenvalue weighted by Crippen LogP contribution is 2.26. The van der Waals surface area contributed by atoms with Gasteiger partial charge in [0.1, 0.15) is 5.75 Å². The molecule has 3 aromatic rings. The number of amides is 1. The second kappa shape index (κ2) is 9.72. The van der Waals surface area contributed by atoms with E-state index in [2.05, 4.69) is 26.2 Å². The third-order valence-corrected chi connectivity index (χ3v) is 5.19. The van der Waals surface area contributed by atoms with Gasteiger partial charge >= 0.3 is 0 Å². The topological polar surface area (TPSA) is 50.7 Å². The summed E-state index contributed by atoms with van der Waals surface area (Å²) in [5.74, 6) is 0.316. The minimum absolute atomic E-state index is 0.110. The summed E-state index contributed by atoms with van der Waals surface area (Å²) in [5, 5.41) is 3.37. The van der Waals surface area contributed by atoms with Crippen LogP contribution >= 0.6 is 27.5 Å². The Balaban J connectivity index is 1.57. The molecule has 0 atom stereocenters. The molecule has 0 aliphatic heterocycles. The third kappa shape index (κ3) is 6.17. The first-order valence-corrected chi connectivity index (χ1v) is 10.2. The minimum atomic E-state index is -0.262. The lowest BCUT2D eigenvalue weighted by atomic mass is 10.2. The number of hydrogen-bond acceptors (Lipinski definition) is 3. The first-order valence-electron chi connectivity index (χ1n) is 9.00. The third-order valence-electron chi connectivity index (χ3n) is 4.17. The number of rotatable bonds is 6. The van der Waals surface area contributed by atoms with E-state index in [0.717, 1.165) is 21.3 Å². The van der Waals surface area contributed by atoms with E-state index in [9.17, 15) is 4.79 Å². The maximum atomic E-state index is 12.1. The smallest absolute Gasteiger partial charge is 0.262 e. The SMILES string of the molecule is Cc1ccc(N=Cc2ccc(OCC(=O)Nc3ccc(C)c(Cl)c3)c(Br)c2)cc1. The van der Waals surface area contributed by atoms with Gasteiger partial charge in [-0.1, -0.05) is 35.4 Å². The highest BCUT2D eigenvalue weighted by Gasteiger charge is 2.08. The van der Waals surface area contributed by atoms with E-state index >= 15 is 0 Å². The van der Waals surface area contributed by atoms with E-state index in [1.807, 2.05) is 56.3 Å². The van der Waals surface area contributed by atoms with Crippen molar-refractivity contribution >= 4 is 51.0 Å². The van der Waals surface area contributed by atoms with Gasteiger partial charge < -0.3 is 10.1 Å². The highest BCUT2D eigenvalue weighted by molar-refractivity contribution is 9.10. The van der Waals surface area contributed by atoms with Crippen molar-refractivity contribution in [1.82, 2.24) is 0 Å². The average Bonchev–Trinajstić information content (AvgIpc) is 2.69. The van der Waals surface area contributed by atoms with E-state index in [4.69, 9.17) is 16.3 Å². The molecule has 4 nitrogen and oxygen atoms in total. The molecule has 0 heterocycles. The number of benzene rings is 3. The van der Waals surface area contributed by atoms with Crippen LogP contribution in [0.15, 0.2) is 70.1 Å². The van der Waals surface area contributed by atoms with Gasteiger partial charge in [0, 0.05) is 16.9 Å². The van der Waals surface area contributed by atoms with E-state index in [1.165, 1.54) is 5.56 Å². The average molecular weight is 472 g/mol. The van der Waals surface area contributed by atoms with Gasteiger partial charge in [-0.25, -0.2) is 0 Å². The fraction of sp³-hybridized carbons (Fsp3) is 0.130. The molecule has 148 valence electrons.